The molecule has 102 valence electrons. The Morgan fingerprint density at radius 3 is 2.84 bits per heavy atom. The zero-order valence-electron chi connectivity index (χ0n) is 11.6. The number of amides is 1. The number of carbonyl (C=O) groups excluding carboxylic acids is 1. The summed E-state index contributed by atoms with van der Waals surface area (Å²) in [5.74, 6) is 0. The number of nitrogens with zero attached hydrogens (tertiary/aromatic N) is 3. The summed E-state index contributed by atoms with van der Waals surface area (Å²) in [6, 6.07) is 5.77. The van der Waals surface area contributed by atoms with Gasteiger partial charge in [-0.3, -0.25) is 0 Å². The van der Waals surface area contributed by atoms with Crippen LogP contribution in [0.2, 0.25) is 0 Å². The molecule has 0 unspecified atom stereocenters. The number of carbonyl (C=O) groups is 1. The molecule has 1 heterocycles. The first-order valence-electron chi connectivity index (χ1n) is 6.10. The maximum absolute atomic E-state index is 11.5. The van der Waals surface area contributed by atoms with Crippen molar-refractivity contribution in [1.29, 1.82) is 0 Å². The molecule has 0 aliphatic rings. The third kappa shape index (κ3) is 3.43. The van der Waals surface area contributed by atoms with Crippen LogP contribution in [0.4, 0.5) is 4.79 Å². The number of ether oxygens (including phenoxy) is 1. The normalized spacial score (nSPS) is 11.6. The van der Waals surface area contributed by atoms with E-state index in [0.29, 0.717) is 6.54 Å². The number of aromatic nitrogens is 3. The standard InChI is InChI=1S/C13H18N4O2/c1-13(2,3)19-12(18)14-8-9-5-6-11-10(7-9)15-16-17(11)4/h5-7H,8H2,1-4H3,(H,14,18). The van der Waals surface area contributed by atoms with E-state index in [-0.39, 0.29) is 0 Å². The van der Waals surface area contributed by atoms with Gasteiger partial charge in [0.1, 0.15) is 11.1 Å². The molecule has 2 rings (SSSR count). The minimum atomic E-state index is -0.487. The lowest BCUT2D eigenvalue weighted by Crippen LogP contribution is -2.32. The maximum atomic E-state index is 11.5. The van der Waals surface area contributed by atoms with E-state index in [1.165, 1.54) is 0 Å². The highest BCUT2D eigenvalue weighted by atomic mass is 16.6. The molecule has 1 amide bonds. The van der Waals surface area contributed by atoms with Crippen molar-refractivity contribution in [3.8, 4) is 0 Å². The molecule has 0 aliphatic heterocycles. The smallest absolute Gasteiger partial charge is 0.407 e. The van der Waals surface area contributed by atoms with E-state index >= 15 is 0 Å². The molecular formula is C13H18N4O2. The van der Waals surface area contributed by atoms with Crippen molar-refractivity contribution >= 4 is 17.1 Å². The lowest BCUT2D eigenvalue weighted by Gasteiger charge is -2.19. The second-order valence-electron chi connectivity index (χ2n) is 5.39. The van der Waals surface area contributed by atoms with Crippen LogP contribution in [0.5, 0.6) is 0 Å². The third-order valence-electron chi connectivity index (χ3n) is 2.51. The summed E-state index contributed by atoms with van der Waals surface area (Å²) in [4.78, 5) is 11.5. The Balaban J connectivity index is 2.00. The van der Waals surface area contributed by atoms with Crippen molar-refractivity contribution in [3.05, 3.63) is 23.8 Å². The number of hydrogen-bond donors (Lipinski definition) is 1. The molecule has 0 aliphatic carbocycles. The number of aryl methyl sites for hydroxylation is 1. The molecule has 0 bridgehead atoms. The molecule has 0 radical (unpaired) electrons. The average molecular weight is 262 g/mol. The van der Waals surface area contributed by atoms with E-state index in [1.807, 2.05) is 46.0 Å². The first-order valence-corrected chi connectivity index (χ1v) is 6.10. The van der Waals surface area contributed by atoms with Crippen molar-refractivity contribution in [1.82, 2.24) is 20.3 Å². The Labute approximate surface area is 111 Å². The van der Waals surface area contributed by atoms with Crippen LogP contribution in [0.3, 0.4) is 0 Å². The van der Waals surface area contributed by atoms with Gasteiger partial charge in [0.05, 0.1) is 5.52 Å². The molecule has 0 fully saturated rings. The van der Waals surface area contributed by atoms with Gasteiger partial charge in [-0.05, 0) is 38.5 Å². The first-order chi connectivity index (χ1) is 8.85. The average Bonchev–Trinajstić information content (AvgIpc) is 2.66. The van der Waals surface area contributed by atoms with Crippen LogP contribution in [0.25, 0.3) is 11.0 Å². The monoisotopic (exact) mass is 262 g/mol. The first kappa shape index (κ1) is 13.3. The van der Waals surface area contributed by atoms with Crippen LogP contribution in [-0.2, 0) is 18.3 Å². The van der Waals surface area contributed by atoms with E-state index in [2.05, 4.69) is 15.6 Å². The van der Waals surface area contributed by atoms with Gasteiger partial charge >= 0.3 is 6.09 Å². The van der Waals surface area contributed by atoms with E-state index in [1.54, 1.807) is 4.68 Å². The number of fused-ring (bicyclic) bond motifs is 1. The molecule has 1 N–H and O–H groups in total. The molecule has 1 aromatic carbocycles. The Morgan fingerprint density at radius 2 is 2.16 bits per heavy atom. The summed E-state index contributed by atoms with van der Waals surface area (Å²) in [6.45, 7) is 5.90. The van der Waals surface area contributed by atoms with Gasteiger partial charge in [-0.15, -0.1) is 5.10 Å². The van der Waals surface area contributed by atoms with Gasteiger partial charge in [0, 0.05) is 13.6 Å². The molecule has 6 nitrogen and oxygen atoms in total. The molecule has 6 heteroatoms. The summed E-state index contributed by atoms with van der Waals surface area (Å²) < 4.78 is 6.88. The van der Waals surface area contributed by atoms with Gasteiger partial charge in [-0.2, -0.15) is 0 Å². The Morgan fingerprint density at radius 1 is 1.42 bits per heavy atom. The summed E-state index contributed by atoms with van der Waals surface area (Å²) >= 11 is 0. The van der Waals surface area contributed by atoms with Gasteiger partial charge in [0.25, 0.3) is 0 Å². The Hall–Kier alpha value is -2.11. The van der Waals surface area contributed by atoms with Crippen LogP contribution in [0.1, 0.15) is 26.3 Å². The highest BCUT2D eigenvalue weighted by Crippen LogP contribution is 2.12. The lowest BCUT2D eigenvalue weighted by atomic mass is 10.2. The highest BCUT2D eigenvalue weighted by Gasteiger charge is 2.15. The number of nitrogens with one attached hydrogen (secondary N) is 1. The predicted molar refractivity (Wildman–Crippen MR) is 71.6 cm³/mol. The van der Waals surface area contributed by atoms with Crippen molar-refractivity contribution in [2.75, 3.05) is 0 Å². The van der Waals surface area contributed by atoms with Gasteiger partial charge in [0.15, 0.2) is 0 Å². The fourth-order valence-corrected chi connectivity index (χ4v) is 1.68. The quantitative estimate of drug-likeness (QED) is 0.898. The van der Waals surface area contributed by atoms with Gasteiger partial charge < -0.3 is 10.1 Å². The second-order valence-corrected chi connectivity index (χ2v) is 5.39. The predicted octanol–water partition coefficient (Wildman–Crippen LogP) is 1.99. The van der Waals surface area contributed by atoms with Crippen LogP contribution in [0, 0.1) is 0 Å². The van der Waals surface area contributed by atoms with Crippen LogP contribution >= 0.6 is 0 Å². The fraction of sp³-hybridized carbons (Fsp3) is 0.462. The zero-order valence-corrected chi connectivity index (χ0v) is 11.6. The SMILES string of the molecule is Cn1nnc2cc(CNC(=O)OC(C)(C)C)ccc21. The highest BCUT2D eigenvalue weighted by molar-refractivity contribution is 5.75. The van der Waals surface area contributed by atoms with Gasteiger partial charge in [-0.1, -0.05) is 11.3 Å². The largest absolute Gasteiger partial charge is 0.444 e. The Kier molecular flexibility index (Phi) is 3.42. The Bertz CT molecular complexity index is 598. The minimum Gasteiger partial charge on any atom is -0.444 e. The number of alkyl carbamates (subject to hydrolysis) is 1. The zero-order chi connectivity index (χ0) is 14.0. The van der Waals surface area contributed by atoms with E-state index in [4.69, 9.17) is 4.74 Å². The van der Waals surface area contributed by atoms with Crippen LogP contribution in [-0.4, -0.2) is 26.7 Å². The summed E-state index contributed by atoms with van der Waals surface area (Å²) in [5.41, 5.74) is 2.24. The van der Waals surface area contributed by atoms with Gasteiger partial charge in [0.2, 0.25) is 0 Å². The third-order valence-corrected chi connectivity index (χ3v) is 2.51. The van der Waals surface area contributed by atoms with Gasteiger partial charge in [-0.25, -0.2) is 9.48 Å². The second kappa shape index (κ2) is 4.87. The molecule has 19 heavy (non-hydrogen) atoms. The number of rotatable bonds is 2. The minimum absolute atomic E-state index is 0.404. The van der Waals surface area contributed by atoms with Crippen molar-refractivity contribution in [3.63, 3.8) is 0 Å². The van der Waals surface area contributed by atoms with Crippen LogP contribution < -0.4 is 5.32 Å². The van der Waals surface area contributed by atoms with Crippen molar-refractivity contribution in [2.24, 2.45) is 7.05 Å². The number of benzene rings is 1. The summed E-state index contributed by atoms with van der Waals surface area (Å²) in [6.07, 6.45) is -0.424. The molecule has 0 saturated carbocycles. The van der Waals surface area contributed by atoms with Crippen LogP contribution in [0.15, 0.2) is 18.2 Å². The molecule has 0 saturated heterocycles. The van der Waals surface area contributed by atoms with E-state index < -0.39 is 11.7 Å². The summed E-state index contributed by atoms with van der Waals surface area (Å²) in [5, 5.41) is 10.7. The summed E-state index contributed by atoms with van der Waals surface area (Å²) in [7, 11) is 1.84. The number of hydrogen-bond acceptors (Lipinski definition) is 4. The van der Waals surface area contributed by atoms with Crippen molar-refractivity contribution < 1.29 is 9.53 Å². The molecule has 1 aromatic heterocycles. The van der Waals surface area contributed by atoms with Crippen molar-refractivity contribution in [2.45, 2.75) is 32.9 Å². The molecule has 0 spiro atoms. The van der Waals surface area contributed by atoms with E-state index in [0.717, 1.165) is 16.6 Å². The molecular weight excluding hydrogens is 244 g/mol. The maximum Gasteiger partial charge on any atom is 0.407 e. The molecule has 2 aromatic rings. The molecule has 0 atom stereocenters. The fourth-order valence-electron chi connectivity index (χ4n) is 1.68. The lowest BCUT2D eigenvalue weighted by molar-refractivity contribution is 0.0523. The topological polar surface area (TPSA) is 69.0 Å². The van der Waals surface area contributed by atoms with E-state index in [9.17, 15) is 4.79 Å².